The molecule has 2 aromatic carbocycles. The molecule has 1 heterocycles. The summed E-state index contributed by atoms with van der Waals surface area (Å²) in [4.78, 5) is 31.4. The lowest BCUT2D eigenvalue weighted by Gasteiger charge is -2.44. The second kappa shape index (κ2) is 10.1. The minimum Gasteiger partial charge on any atom is -0.460 e. The van der Waals surface area contributed by atoms with Gasteiger partial charge in [0, 0.05) is 23.5 Å². The molecule has 1 unspecified atom stereocenters. The van der Waals surface area contributed by atoms with E-state index in [4.69, 9.17) is 20.0 Å². The fourth-order valence-electron chi connectivity index (χ4n) is 5.45. The molecule has 36 heavy (non-hydrogen) atoms. The summed E-state index contributed by atoms with van der Waals surface area (Å²) in [7, 11) is 0. The van der Waals surface area contributed by atoms with Crippen molar-refractivity contribution in [3.8, 4) is 5.75 Å². The number of ether oxygens (including phenoxy) is 2. The summed E-state index contributed by atoms with van der Waals surface area (Å²) in [6, 6.07) is 13.2. The minimum atomic E-state index is -3.04. The van der Waals surface area contributed by atoms with E-state index in [0.29, 0.717) is 24.8 Å². The number of rotatable bonds is 6. The van der Waals surface area contributed by atoms with Crippen molar-refractivity contribution in [2.75, 3.05) is 0 Å². The molecular weight excluding hydrogens is 470 g/mol. The molecule has 2 aliphatic rings. The van der Waals surface area contributed by atoms with Crippen LogP contribution < -0.4 is 16.0 Å². The van der Waals surface area contributed by atoms with Crippen LogP contribution >= 0.6 is 0 Å². The number of hydrogen-bond acceptors (Lipinski definition) is 6. The van der Waals surface area contributed by atoms with Gasteiger partial charge in [0.15, 0.2) is 0 Å². The van der Waals surface area contributed by atoms with Crippen molar-refractivity contribution in [2.45, 2.75) is 76.2 Å². The van der Waals surface area contributed by atoms with Crippen molar-refractivity contribution in [3.05, 3.63) is 65.2 Å². The molecule has 0 radical (unpaired) electrons. The van der Waals surface area contributed by atoms with Crippen molar-refractivity contribution < 1.29 is 32.7 Å². The van der Waals surface area contributed by atoms with Gasteiger partial charge in [0.05, 0.1) is 17.6 Å². The smallest absolute Gasteiger partial charge is 0.387 e. The number of hydrogen-bond donors (Lipinski definition) is 2. The Hall–Kier alpha value is -3.04. The Morgan fingerprint density at radius 2 is 1.89 bits per heavy atom. The van der Waals surface area contributed by atoms with Gasteiger partial charge in [0.1, 0.15) is 11.4 Å². The number of amides is 1. The Morgan fingerprint density at radius 3 is 2.53 bits per heavy atom. The normalized spacial score (nSPS) is 26.2. The molecule has 1 aliphatic heterocycles. The van der Waals surface area contributed by atoms with Gasteiger partial charge in [-0.2, -0.15) is 14.3 Å². The van der Waals surface area contributed by atoms with Gasteiger partial charge < -0.3 is 15.2 Å². The van der Waals surface area contributed by atoms with E-state index in [1.807, 2.05) is 51.1 Å². The summed E-state index contributed by atoms with van der Waals surface area (Å²) in [6.45, 7) is 2.46. The molecular formula is C27H32F2N2O5. The number of nitrogens with one attached hydrogen (secondary N) is 1. The second-order valence-electron chi connectivity index (χ2n) is 10.5. The lowest BCUT2D eigenvalue weighted by molar-refractivity contribution is -0.170. The minimum absolute atomic E-state index is 0.0658. The summed E-state index contributed by atoms with van der Waals surface area (Å²) >= 11 is 0. The zero-order valence-corrected chi connectivity index (χ0v) is 20.6. The number of primary amides is 1. The van der Waals surface area contributed by atoms with E-state index in [0.717, 1.165) is 12.0 Å². The van der Waals surface area contributed by atoms with Crippen LogP contribution in [0.3, 0.4) is 0 Å². The standard InChI is InChI=1S/C27H32F2N2O5/c1-26(2,3)35-24(33)18-10-7-13-27(22(18)16-8-5-4-6-9-16)15-20(31-36-27)19-14-17(23(30)32)11-12-21(19)34-25(28)29/h4-6,8-9,11-12,14,18,20,22,25,31H,7,10,13,15H2,1-3H3,(H2,30,32)/t18?,20-,22+,27+/m0/s1. The number of halogens is 2. The highest BCUT2D eigenvalue weighted by Gasteiger charge is 2.55. The average Bonchev–Trinajstić information content (AvgIpc) is 3.21. The van der Waals surface area contributed by atoms with Crippen LogP contribution in [0.4, 0.5) is 8.78 Å². The maximum Gasteiger partial charge on any atom is 0.387 e. The highest BCUT2D eigenvalue weighted by atomic mass is 19.3. The van der Waals surface area contributed by atoms with Gasteiger partial charge in [-0.1, -0.05) is 30.3 Å². The zero-order valence-electron chi connectivity index (χ0n) is 20.6. The van der Waals surface area contributed by atoms with Crippen molar-refractivity contribution in [2.24, 2.45) is 11.7 Å². The van der Waals surface area contributed by atoms with Crippen LogP contribution in [0.1, 0.15) is 79.9 Å². The SMILES string of the molecule is CC(C)(C)OC(=O)C1CCC[C@@]2(C[C@@H](c3cc(C(N)=O)ccc3OC(F)F)NO2)[C@@H]1c1ccccc1. The highest BCUT2D eigenvalue weighted by molar-refractivity contribution is 5.93. The zero-order chi connectivity index (χ0) is 26.1. The molecule has 2 fully saturated rings. The second-order valence-corrected chi connectivity index (χ2v) is 10.5. The Labute approximate surface area is 209 Å². The maximum atomic E-state index is 13.3. The van der Waals surface area contributed by atoms with Crippen LogP contribution in [0.2, 0.25) is 0 Å². The largest absolute Gasteiger partial charge is 0.460 e. The van der Waals surface area contributed by atoms with Crippen LogP contribution in [0.5, 0.6) is 5.75 Å². The molecule has 1 saturated heterocycles. The monoisotopic (exact) mass is 502 g/mol. The number of alkyl halides is 2. The number of carbonyl (C=O) groups excluding carboxylic acids is 2. The Balaban J connectivity index is 1.72. The van der Waals surface area contributed by atoms with Gasteiger partial charge in [-0.25, -0.2) is 0 Å². The third-order valence-electron chi connectivity index (χ3n) is 6.79. The summed E-state index contributed by atoms with van der Waals surface area (Å²) in [5.74, 6) is -1.82. The van der Waals surface area contributed by atoms with Crippen LogP contribution in [-0.2, 0) is 14.4 Å². The van der Waals surface area contributed by atoms with Crippen molar-refractivity contribution in [1.29, 1.82) is 0 Å². The van der Waals surface area contributed by atoms with Gasteiger partial charge in [-0.15, -0.1) is 0 Å². The fourth-order valence-corrected chi connectivity index (χ4v) is 5.45. The van der Waals surface area contributed by atoms with Crippen LogP contribution in [0.15, 0.2) is 48.5 Å². The first-order valence-corrected chi connectivity index (χ1v) is 12.1. The Kier molecular flexibility index (Phi) is 7.33. The van der Waals surface area contributed by atoms with E-state index in [-0.39, 0.29) is 23.2 Å². The third kappa shape index (κ3) is 5.52. The van der Waals surface area contributed by atoms with Gasteiger partial charge in [-0.3, -0.25) is 14.4 Å². The summed E-state index contributed by atoms with van der Waals surface area (Å²) < 4.78 is 36.8. The average molecular weight is 503 g/mol. The van der Waals surface area contributed by atoms with E-state index in [9.17, 15) is 18.4 Å². The predicted octanol–water partition coefficient (Wildman–Crippen LogP) is 5.02. The van der Waals surface area contributed by atoms with Crippen LogP contribution in [-0.4, -0.2) is 29.7 Å². The van der Waals surface area contributed by atoms with E-state index < -0.39 is 35.7 Å². The summed E-state index contributed by atoms with van der Waals surface area (Å²) in [6.07, 6.45) is 2.38. The number of hydroxylamine groups is 1. The number of nitrogens with two attached hydrogens (primary N) is 1. The first kappa shape index (κ1) is 26.0. The highest BCUT2D eigenvalue weighted by Crippen LogP contribution is 2.54. The van der Waals surface area contributed by atoms with Gasteiger partial charge >= 0.3 is 12.6 Å². The maximum absolute atomic E-state index is 13.3. The molecule has 194 valence electrons. The van der Waals surface area contributed by atoms with E-state index >= 15 is 0 Å². The fraction of sp³-hybridized carbons (Fsp3) is 0.481. The van der Waals surface area contributed by atoms with Crippen LogP contribution in [0.25, 0.3) is 0 Å². The van der Waals surface area contributed by atoms with Gasteiger partial charge in [-0.05, 0) is 63.8 Å². The summed E-state index contributed by atoms with van der Waals surface area (Å²) in [5, 5.41) is 0. The number of benzene rings is 2. The Morgan fingerprint density at radius 1 is 1.17 bits per heavy atom. The number of esters is 1. The molecule has 0 aromatic heterocycles. The molecule has 3 N–H and O–H groups in total. The van der Waals surface area contributed by atoms with E-state index in [2.05, 4.69) is 5.48 Å². The molecule has 7 nitrogen and oxygen atoms in total. The van der Waals surface area contributed by atoms with Gasteiger partial charge in [0.25, 0.3) is 0 Å². The topological polar surface area (TPSA) is 99.9 Å². The molecule has 2 aromatic rings. The number of carbonyl (C=O) groups is 2. The molecule has 1 aliphatic carbocycles. The van der Waals surface area contributed by atoms with Gasteiger partial charge in [0.2, 0.25) is 5.91 Å². The molecule has 1 spiro atoms. The molecule has 1 saturated carbocycles. The lowest BCUT2D eigenvalue weighted by atomic mass is 9.64. The van der Waals surface area contributed by atoms with E-state index in [1.54, 1.807) is 0 Å². The van der Waals surface area contributed by atoms with Crippen molar-refractivity contribution in [3.63, 3.8) is 0 Å². The first-order chi connectivity index (χ1) is 17.0. The van der Waals surface area contributed by atoms with E-state index in [1.165, 1.54) is 18.2 Å². The molecule has 9 heteroatoms. The molecule has 4 rings (SSSR count). The lowest BCUT2D eigenvalue weighted by Crippen LogP contribution is -2.47. The molecule has 1 amide bonds. The molecule has 0 bridgehead atoms. The van der Waals surface area contributed by atoms with Crippen molar-refractivity contribution in [1.82, 2.24) is 5.48 Å². The first-order valence-electron chi connectivity index (χ1n) is 12.1. The molecule has 4 atom stereocenters. The van der Waals surface area contributed by atoms with Crippen molar-refractivity contribution >= 4 is 11.9 Å². The summed E-state index contributed by atoms with van der Waals surface area (Å²) in [5.41, 5.74) is 8.43. The predicted molar refractivity (Wildman–Crippen MR) is 128 cm³/mol. The third-order valence-corrected chi connectivity index (χ3v) is 6.79. The van der Waals surface area contributed by atoms with Crippen LogP contribution in [0, 0.1) is 5.92 Å². The quantitative estimate of drug-likeness (QED) is 0.539. The Bertz CT molecular complexity index is 1110.